The van der Waals surface area contributed by atoms with Crippen LogP contribution < -0.4 is 10.5 Å². The summed E-state index contributed by atoms with van der Waals surface area (Å²) in [7, 11) is -2.14. The molecule has 0 amide bonds. The lowest BCUT2D eigenvalue weighted by Gasteiger charge is -2.12. The summed E-state index contributed by atoms with van der Waals surface area (Å²) in [6, 6.07) is 9.88. The van der Waals surface area contributed by atoms with Gasteiger partial charge in [0.15, 0.2) is 0 Å². The Balaban J connectivity index is 2.31. The van der Waals surface area contributed by atoms with Gasteiger partial charge in [-0.25, -0.2) is 13.4 Å². The zero-order valence-electron chi connectivity index (χ0n) is 10.9. The van der Waals surface area contributed by atoms with E-state index in [0.29, 0.717) is 12.3 Å². The Bertz CT molecular complexity index is 684. The molecule has 0 aliphatic rings. The van der Waals surface area contributed by atoms with E-state index < -0.39 is 10.0 Å². The summed E-state index contributed by atoms with van der Waals surface area (Å²) in [5.74, 6) is 0.267. The molecule has 0 spiro atoms. The monoisotopic (exact) mass is 293 g/mol. The number of hydrogen-bond acceptors (Lipinski definition) is 5. The van der Waals surface area contributed by atoms with Gasteiger partial charge in [-0.3, -0.25) is 4.72 Å². The lowest BCUT2D eigenvalue weighted by Crippen LogP contribution is -2.14. The molecule has 20 heavy (non-hydrogen) atoms. The molecule has 1 heterocycles. The van der Waals surface area contributed by atoms with Crippen molar-refractivity contribution in [2.45, 2.75) is 11.5 Å². The quantitative estimate of drug-likeness (QED) is 0.873. The lowest BCUT2D eigenvalue weighted by atomic mass is 10.2. The number of rotatable bonds is 5. The fourth-order valence-corrected chi connectivity index (χ4v) is 2.70. The molecule has 1 aromatic carbocycles. The number of anilines is 2. The molecule has 1 aromatic heterocycles. The second kappa shape index (κ2) is 5.89. The normalized spacial score (nSPS) is 11.2. The lowest BCUT2D eigenvalue weighted by molar-refractivity contribution is 0.185. The number of sulfonamides is 1. The van der Waals surface area contributed by atoms with E-state index in [1.807, 2.05) is 6.07 Å². The standard InChI is InChI=1S/C13H15N3O3S/c1-19-9-10-4-2-3-5-12(10)16-20(17,18)11-6-7-13(14)15-8-11/h2-8,16H,9H2,1H3,(H2,14,15). The van der Waals surface area contributed by atoms with Gasteiger partial charge in [0.2, 0.25) is 0 Å². The van der Waals surface area contributed by atoms with Gasteiger partial charge in [0, 0.05) is 18.9 Å². The van der Waals surface area contributed by atoms with Crippen LogP contribution in [-0.4, -0.2) is 20.5 Å². The highest BCUT2D eigenvalue weighted by Crippen LogP contribution is 2.20. The molecule has 0 aliphatic heterocycles. The van der Waals surface area contributed by atoms with Crippen molar-refractivity contribution >= 4 is 21.5 Å². The van der Waals surface area contributed by atoms with Crippen molar-refractivity contribution in [1.29, 1.82) is 0 Å². The molecule has 2 aromatic rings. The number of ether oxygens (including phenoxy) is 1. The molecule has 0 saturated carbocycles. The largest absolute Gasteiger partial charge is 0.384 e. The predicted octanol–water partition coefficient (Wildman–Crippen LogP) is 1.61. The zero-order chi connectivity index (χ0) is 14.6. The number of benzene rings is 1. The Labute approximate surface area is 117 Å². The first kappa shape index (κ1) is 14.3. The molecule has 0 radical (unpaired) electrons. The van der Waals surface area contributed by atoms with E-state index in [9.17, 15) is 8.42 Å². The number of nitrogens with two attached hydrogens (primary N) is 1. The van der Waals surface area contributed by atoms with E-state index in [-0.39, 0.29) is 10.7 Å². The molecule has 106 valence electrons. The van der Waals surface area contributed by atoms with Crippen molar-refractivity contribution in [2.24, 2.45) is 0 Å². The van der Waals surface area contributed by atoms with E-state index >= 15 is 0 Å². The molecule has 0 saturated heterocycles. The minimum Gasteiger partial charge on any atom is -0.384 e. The number of methoxy groups -OCH3 is 1. The third kappa shape index (κ3) is 3.25. The number of nitrogens with zero attached hydrogens (tertiary/aromatic N) is 1. The average Bonchev–Trinajstić information content (AvgIpc) is 2.41. The van der Waals surface area contributed by atoms with Crippen LogP contribution in [0.25, 0.3) is 0 Å². The Hall–Kier alpha value is -2.12. The highest BCUT2D eigenvalue weighted by molar-refractivity contribution is 7.92. The average molecular weight is 293 g/mol. The summed E-state index contributed by atoms with van der Waals surface area (Å²) in [4.78, 5) is 3.83. The van der Waals surface area contributed by atoms with Crippen LogP contribution in [0.2, 0.25) is 0 Å². The number of pyridine rings is 1. The van der Waals surface area contributed by atoms with Crippen LogP contribution in [0, 0.1) is 0 Å². The Kier molecular flexibility index (Phi) is 4.21. The first-order chi connectivity index (χ1) is 9.53. The van der Waals surface area contributed by atoms with Crippen LogP contribution >= 0.6 is 0 Å². The number of aromatic nitrogens is 1. The van der Waals surface area contributed by atoms with Gasteiger partial charge < -0.3 is 10.5 Å². The predicted molar refractivity (Wildman–Crippen MR) is 76.6 cm³/mol. The van der Waals surface area contributed by atoms with Gasteiger partial charge in [-0.1, -0.05) is 18.2 Å². The van der Waals surface area contributed by atoms with Gasteiger partial charge in [-0.05, 0) is 18.2 Å². The van der Waals surface area contributed by atoms with Crippen molar-refractivity contribution in [2.75, 3.05) is 17.6 Å². The van der Waals surface area contributed by atoms with Crippen LogP contribution in [0.3, 0.4) is 0 Å². The van der Waals surface area contributed by atoms with Gasteiger partial charge in [0.05, 0.1) is 12.3 Å². The summed E-state index contributed by atoms with van der Waals surface area (Å²) in [5, 5.41) is 0. The van der Waals surface area contributed by atoms with Gasteiger partial charge in [0.25, 0.3) is 10.0 Å². The minimum atomic E-state index is -3.69. The molecule has 0 unspecified atom stereocenters. The van der Waals surface area contributed by atoms with Crippen molar-refractivity contribution in [3.05, 3.63) is 48.2 Å². The maximum absolute atomic E-state index is 12.2. The number of hydrogen-bond donors (Lipinski definition) is 2. The van der Waals surface area contributed by atoms with E-state index in [1.165, 1.54) is 18.3 Å². The maximum Gasteiger partial charge on any atom is 0.263 e. The third-order valence-electron chi connectivity index (χ3n) is 2.63. The molecule has 0 atom stereocenters. The van der Waals surface area contributed by atoms with Crippen LogP contribution in [0.5, 0.6) is 0 Å². The molecule has 0 bridgehead atoms. The van der Waals surface area contributed by atoms with Gasteiger partial charge in [-0.15, -0.1) is 0 Å². The Morgan fingerprint density at radius 2 is 2.00 bits per heavy atom. The van der Waals surface area contributed by atoms with Crippen molar-refractivity contribution in [1.82, 2.24) is 4.98 Å². The van der Waals surface area contributed by atoms with E-state index in [0.717, 1.165) is 5.56 Å². The molecular weight excluding hydrogens is 278 g/mol. The van der Waals surface area contributed by atoms with E-state index in [4.69, 9.17) is 10.5 Å². The third-order valence-corrected chi connectivity index (χ3v) is 3.98. The zero-order valence-corrected chi connectivity index (χ0v) is 11.7. The fourth-order valence-electron chi connectivity index (χ4n) is 1.66. The minimum absolute atomic E-state index is 0.0546. The summed E-state index contributed by atoms with van der Waals surface area (Å²) < 4.78 is 32.0. The molecule has 7 heteroatoms. The Morgan fingerprint density at radius 3 is 2.65 bits per heavy atom. The first-order valence-electron chi connectivity index (χ1n) is 5.84. The molecule has 0 fully saturated rings. The Morgan fingerprint density at radius 1 is 1.25 bits per heavy atom. The summed E-state index contributed by atoms with van der Waals surface area (Å²) in [6.07, 6.45) is 1.22. The molecule has 0 aliphatic carbocycles. The van der Waals surface area contributed by atoms with Crippen molar-refractivity contribution in [3.8, 4) is 0 Å². The summed E-state index contributed by atoms with van der Waals surface area (Å²) in [5.41, 5.74) is 6.67. The van der Waals surface area contributed by atoms with Crippen LogP contribution in [-0.2, 0) is 21.4 Å². The van der Waals surface area contributed by atoms with Crippen molar-refractivity contribution < 1.29 is 13.2 Å². The maximum atomic E-state index is 12.2. The molecule has 6 nitrogen and oxygen atoms in total. The highest BCUT2D eigenvalue weighted by atomic mass is 32.2. The number of nitrogens with one attached hydrogen (secondary N) is 1. The fraction of sp³-hybridized carbons (Fsp3) is 0.154. The molecular formula is C13H15N3O3S. The van der Waals surface area contributed by atoms with Crippen LogP contribution in [0.4, 0.5) is 11.5 Å². The van der Waals surface area contributed by atoms with E-state index in [2.05, 4.69) is 9.71 Å². The summed E-state index contributed by atoms with van der Waals surface area (Å²) in [6.45, 7) is 0.318. The first-order valence-corrected chi connectivity index (χ1v) is 7.32. The van der Waals surface area contributed by atoms with Gasteiger partial charge in [0.1, 0.15) is 10.7 Å². The molecule has 3 N–H and O–H groups in total. The van der Waals surface area contributed by atoms with Gasteiger partial charge in [-0.2, -0.15) is 0 Å². The van der Waals surface area contributed by atoms with Gasteiger partial charge >= 0.3 is 0 Å². The van der Waals surface area contributed by atoms with E-state index in [1.54, 1.807) is 25.3 Å². The van der Waals surface area contributed by atoms with Crippen LogP contribution in [0.1, 0.15) is 5.56 Å². The smallest absolute Gasteiger partial charge is 0.263 e. The topological polar surface area (TPSA) is 94.3 Å². The number of nitrogen functional groups attached to an aromatic ring is 1. The second-order valence-electron chi connectivity index (χ2n) is 4.11. The SMILES string of the molecule is COCc1ccccc1NS(=O)(=O)c1ccc(N)nc1. The molecule has 2 rings (SSSR count). The second-order valence-corrected chi connectivity index (χ2v) is 5.80. The number of para-hydroxylation sites is 1. The highest BCUT2D eigenvalue weighted by Gasteiger charge is 2.16. The van der Waals surface area contributed by atoms with Crippen LogP contribution in [0.15, 0.2) is 47.5 Å². The summed E-state index contributed by atoms with van der Waals surface area (Å²) >= 11 is 0. The van der Waals surface area contributed by atoms with Crippen molar-refractivity contribution in [3.63, 3.8) is 0 Å².